The van der Waals surface area contributed by atoms with Crippen LogP contribution in [-0.4, -0.2) is 12.5 Å². The molecule has 0 radical (unpaired) electrons. The summed E-state index contributed by atoms with van der Waals surface area (Å²) < 4.78 is 5.50. The van der Waals surface area contributed by atoms with E-state index in [1.807, 2.05) is 48.5 Å². The van der Waals surface area contributed by atoms with Gasteiger partial charge in [0.2, 0.25) is 0 Å². The number of hydrogen-bond acceptors (Lipinski definition) is 4. The van der Waals surface area contributed by atoms with E-state index >= 15 is 0 Å². The van der Waals surface area contributed by atoms with Gasteiger partial charge in [0.1, 0.15) is 5.75 Å². The predicted octanol–water partition coefficient (Wildman–Crippen LogP) is 5.28. The highest BCUT2D eigenvalue weighted by molar-refractivity contribution is 8.00. The van der Waals surface area contributed by atoms with E-state index in [-0.39, 0.29) is 17.8 Å². The first kappa shape index (κ1) is 17.6. The molecular formula is C24H16N2O2S. The molecule has 4 nitrogen and oxygen atoms in total. The fraction of sp³-hybridized carbons (Fsp3) is 0.0833. The molecule has 5 heteroatoms. The smallest absolute Gasteiger partial charge is 0.262 e. The van der Waals surface area contributed by atoms with Crippen LogP contribution in [0, 0.1) is 11.3 Å². The molecule has 1 amide bonds. The van der Waals surface area contributed by atoms with Gasteiger partial charge in [0, 0.05) is 4.90 Å². The first-order chi connectivity index (χ1) is 14.2. The second-order valence-electron chi connectivity index (χ2n) is 6.92. The molecule has 0 aliphatic carbocycles. The molecule has 2 aliphatic rings. The third-order valence-electron chi connectivity index (χ3n) is 5.02. The number of thioether (sulfide) groups is 1. The first-order valence-corrected chi connectivity index (χ1v) is 10.1. The van der Waals surface area contributed by atoms with Crippen molar-refractivity contribution in [1.82, 2.24) is 0 Å². The number of nitriles is 1. The molecule has 5 rings (SSSR count). The maximum atomic E-state index is 11.7. The van der Waals surface area contributed by atoms with Crippen molar-refractivity contribution in [1.29, 1.82) is 5.26 Å². The fourth-order valence-corrected chi connectivity index (χ4v) is 4.94. The SMILES string of the molecule is N#Cc1cccc(C2Sc3ccccc3C=C2c2ccc3c(c2)NC(=O)CO3)c1. The van der Waals surface area contributed by atoms with Gasteiger partial charge in [0.05, 0.1) is 22.6 Å². The topological polar surface area (TPSA) is 62.1 Å². The quantitative estimate of drug-likeness (QED) is 0.640. The summed E-state index contributed by atoms with van der Waals surface area (Å²) in [6.45, 7) is 0.0435. The summed E-state index contributed by atoms with van der Waals surface area (Å²) in [4.78, 5) is 13.0. The Morgan fingerprint density at radius 3 is 2.86 bits per heavy atom. The summed E-state index contributed by atoms with van der Waals surface area (Å²) >= 11 is 1.77. The van der Waals surface area contributed by atoms with Gasteiger partial charge in [-0.1, -0.05) is 36.4 Å². The van der Waals surface area contributed by atoms with E-state index in [1.54, 1.807) is 11.8 Å². The Balaban J connectivity index is 1.65. The lowest BCUT2D eigenvalue weighted by atomic mass is 9.93. The number of carbonyl (C=O) groups is 1. The number of fused-ring (bicyclic) bond motifs is 2. The van der Waals surface area contributed by atoms with Crippen molar-refractivity contribution in [3.63, 3.8) is 0 Å². The van der Waals surface area contributed by atoms with Gasteiger partial charge < -0.3 is 10.1 Å². The molecule has 1 N–H and O–H groups in total. The number of nitrogens with one attached hydrogen (secondary N) is 1. The summed E-state index contributed by atoms with van der Waals surface area (Å²) in [7, 11) is 0. The molecule has 29 heavy (non-hydrogen) atoms. The minimum Gasteiger partial charge on any atom is -0.482 e. The minimum atomic E-state index is -0.148. The van der Waals surface area contributed by atoms with E-state index in [2.05, 4.69) is 35.7 Å². The zero-order valence-electron chi connectivity index (χ0n) is 15.4. The van der Waals surface area contributed by atoms with E-state index in [0.717, 1.165) is 22.3 Å². The number of nitrogens with zero attached hydrogens (tertiary/aromatic N) is 1. The average molecular weight is 396 g/mol. The van der Waals surface area contributed by atoms with Crippen LogP contribution < -0.4 is 10.1 Å². The molecule has 1 atom stereocenters. The predicted molar refractivity (Wildman–Crippen MR) is 115 cm³/mol. The maximum absolute atomic E-state index is 11.7. The number of hydrogen-bond donors (Lipinski definition) is 1. The second-order valence-corrected chi connectivity index (χ2v) is 8.07. The van der Waals surface area contributed by atoms with Gasteiger partial charge in [0.15, 0.2) is 6.61 Å². The number of benzene rings is 3. The van der Waals surface area contributed by atoms with Gasteiger partial charge in [-0.15, -0.1) is 11.8 Å². The van der Waals surface area contributed by atoms with Crippen LogP contribution in [-0.2, 0) is 4.79 Å². The van der Waals surface area contributed by atoms with Crippen LogP contribution in [0.2, 0.25) is 0 Å². The minimum absolute atomic E-state index is 0.0384. The lowest BCUT2D eigenvalue weighted by Crippen LogP contribution is -2.25. The van der Waals surface area contributed by atoms with E-state index in [9.17, 15) is 10.1 Å². The normalized spacial score (nSPS) is 17.1. The first-order valence-electron chi connectivity index (χ1n) is 9.26. The molecule has 0 saturated carbocycles. The van der Waals surface area contributed by atoms with Gasteiger partial charge in [-0.2, -0.15) is 5.26 Å². The lowest BCUT2D eigenvalue weighted by molar-refractivity contribution is -0.118. The molecule has 0 bridgehead atoms. The van der Waals surface area contributed by atoms with Crippen LogP contribution in [0.15, 0.2) is 71.6 Å². The van der Waals surface area contributed by atoms with E-state index < -0.39 is 0 Å². The molecule has 140 valence electrons. The third kappa shape index (κ3) is 3.28. The molecule has 1 unspecified atom stereocenters. The molecule has 0 aromatic heterocycles. The third-order valence-corrected chi connectivity index (χ3v) is 6.41. The van der Waals surface area contributed by atoms with Crippen molar-refractivity contribution < 1.29 is 9.53 Å². The van der Waals surface area contributed by atoms with E-state index in [4.69, 9.17) is 4.74 Å². The van der Waals surface area contributed by atoms with E-state index in [1.165, 1.54) is 4.90 Å². The lowest BCUT2D eigenvalue weighted by Gasteiger charge is -2.27. The molecule has 2 aliphatic heterocycles. The Hall–Kier alpha value is -3.49. The van der Waals surface area contributed by atoms with Crippen molar-refractivity contribution >= 4 is 35.0 Å². The van der Waals surface area contributed by atoms with Gasteiger partial charge in [-0.05, 0) is 58.7 Å². The van der Waals surface area contributed by atoms with Gasteiger partial charge >= 0.3 is 0 Å². The van der Waals surface area contributed by atoms with Crippen molar-refractivity contribution in [2.75, 3.05) is 11.9 Å². The summed E-state index contributed by atoms with van der Waals surface area (Å²) in [5, 5.41) is 12.3. The molecule has 3 aromatic carbocycles. The van der Waals surface area contributed by atoms with Crippen LogP contribution in [0.5, 0.6) is 5.75 Å². The summed E-state index contributed by atoms with van der Waals surface area (Å²) in [6, 6.07) is 24.2. The largest absolute Gasteiger partial charge is 0.482 e. The van der Waals surface area contributed by atoms with Crippen LogP contribution in [0.4, 0.5) is 5.69 Å². The standard InChI is InChI=1S/C24H16N2O2S/c25-13-15-4-3-6-18(10-15)24-19(11-17-5-1-2-7-22(17)29-24)16-8-9-21-20(12-16)26-23(27)14-28-21/h1-12,24H,14H2,(H,26,27). The molecule has 0 spiro atoms. The fourth-order valence-electron chi connectivity index (χ4n) is 3.66. The number of carbonyl (C=O) groups excluding carboxylic acids is 1. The Labute approximate surface area is 172 Å². The highest BCUT2D eigenvalue weighted by atomic mass is 32.2. The van der Waals surface area contributed by atoms with Crippen molar-refractivity contribution in [2.45, 2.75) is 10.1 Å². The second kappa shape index (κ2) is 7.16. The summed E-state index contributed by atoms with van der Waals surface area (Å²) in [5.74, 6) is 0.533. The number of amides is 1. The molecule has 3 aromatic rings. The summed E-state index contributed by atoms with van der Waals surface area (Å²) in [5.41, 5.74) is 5.72. The number of rotatable bonds is 2. The van der Waals surface area contributed by atoms with Crippen molar-refractivity contribution in [3.8, 4) is 11.8 Å². The van der Waals surface area contributed by atoms with Crippen molar-refractivity contribution in [3.05, 3.63) is 89.0 Å². The van der Waals surface area contributed by atoms with Crippen molar-refractivity contribution in [2.24, 2.45) is 0 Å². The highest BCUT2D eigenvalue weighted by Gasteiger charge is 2.26. The molecule has 0 fully saturated rings. The van der Waals surface area contributed by atoms with Gasteiger partial charge in [-0.25, -0.2) is 0 Å². The zero-order valence-corrected chi connectivity index (χ0v) is 16.2. The molecular weight excluding hydrogens is 380 g/mol. The Kier molecular flexibility index (Phi) is 4.34. The number of anilines is 1. The maximum Gasteiger partial charge on any atom is 0.262 e. The van der Waals surface area contributed by atoms with Gasteiger partial charge in [-0.3, -0.25) is 4.79 Å². The van der Waals surface area contributed by atoms with Crippen LogP contribution >= 0.6 is 11.8 Å². The number of ether oxygens (including phenoxy) is 1. The molecule has 0 saturated heterocycles. The monoisotopic (exact) mass is 396 g/mol. The highest BCUT2D eigenvalue weighted by Crippen LogP contribution is 2.51. The average Bonchev–Trinajstić information content (AvgIpc) is 2.77. The zero-order chi connectivity index (χ0) is 19.8. The Morgan fingerprint density at radius 1 is 1.07 bits per heavy atom. The Morgan fingerprint density at radius 2 is 1.97 bits per heavy atom. The van der Waals surface area contributed by atoms with Crippen LogP contribution in [0.3, 0.4) is 0 Å². The van der Waals surface area contributed by atoms with Crippen LogP contribution in [0.1, 0.15) is 27.5 Å². The molecule has 2 heterocycles. The summed E-state index contributed by atoms with van der Waals surface area (Å²) in [6.07, 6.45) is 2.20. The Bertz CT molecular complexity index is 1210. The van der Waals surface area contributed by atoms with Gasteiger partial charge in [0.25, 0.3) is 5.91 Å². The van der Waals surface area contributed by atoms with Crippen LogP contribution in [0.25, 0.3) is 11.6 Å². The van der Waals surface area contributed by atoms with E-state index in [0.29, 0.717) is 17.0 Å².